The molecule has 1 atom stereocenters. The predicted molar refractivity (Wildman–Crippen MR) is 57.1 cm³/mol. The lowest BCUT2D eigenvalue weighted by Gasteiger charge is -2.32. The molecule has 1 aliphatic carbocycles. The summed E-state index contributed by atoms with van der Waals surface area (Å²) in [4.78, 5) is 0. The van der Waals surface area contributed by atoms with E-state index in [-0.39, 0.29) is 0 Å². The first-order valence-electron chi connectivity index (χ1n) is 4.96. The Morgan fingerprint density at radius 1 is 1.00 bits per heavy atom. The van der Waals surface area contributed by atoms with Gasteiger partial charge >= 0.3 is 0 Å². The molecule has 0 heterocycles. The van der Waals surface area contributed by atoms with Crippen LogP contribution in [0.1, 0.15) is 52.9 Å². The molecule has 1 unspecified atom stereocenters. The van der Waals surface area contributed by atoms with E-state index in [4.69, 9.17) is 0 Å². The zero-order valence-electron chi connectivity index (χ0n) is 8.54. The Labute approximate surface area is 73.9 Å². The van der Waals surface area contributed by atoms with Crippen molar-refractivity contribution in [3.05, 3.63) is 0 Å². The zero-order valence-corrected chi connectivity index (χ0v) is 9.54. The maximum atomic E-state index is 2.45. The van der Waals surface area contributed by atoms with Crippen LogP contribution in [-0.2, 0) is 0 Å². The zero-order chi connectivity index (χ0) is 8.74. The average molecular weight is 174 g/mol. The van der Waals surface area contributed by atoms with E-state index in [0.717, 1.165) is 13.7 Å². The normalized spacial score (nSPS) is 22.9. The first-order chi connectivity index (χ1) is 5.27. The summed E-state index contributed by atoms with van der Waals surface area (Å²) in [6, 6.07) is 0. The lowest BCUT2D eigenvalue weighted by molar-refractivity contribution is 0.419. The highest BCUT2D eigenvalue weighted by Crippen LogP contribution is 2.41. The molecule has 0 amide bonds. The van der Waals surface area contributed by atoms with E-state index in [2.05, 4.69) is 13.6 Å². The van der Waals surface area contributed by atoms with Gasteiger partial charge in [0.25, 0.3) is 0 Å². The third-order valence-electron chi connectivity index (χ3n) is 2.56. The van der Waals surface area contributed by atoms with E-state index >= 15 is 0 Å². The third-order valence-corrected chi connectivity index (χ3v) is 4.27. The number of hydrogen-bond donors (Lipinski definition) is 0. The van der Waals surface area contributed by atoms with Gasteiger partial charge in [0.2, 0.25) is 0 Å². The van der Waals surface area contributed by atoms with Crippen LogP contribution in [0.15, 0.2) is 0 Å². The summed E-state index contributed by atoms with van der Waals surface area (Å²) in [6.07, 6.45) is 7.43. The molecule has 0 nitrogen and oxygen atoms in total. The Hall–Kier alpha value is 0.430. The van der Waals surface area contributed by atoms with Crippen LogP contribution in [0.5, 0.6) is 0 Å². The van der Waals surface area contributed by atoms with Crippen molar-refractivity contribution in [2.75, 3.05) is 6.66 Å². The molecule has 1 aliphatic rings. The van der Waals surface area contributed by atoms with Gasteiger partial charge in [0.15, 0.2) is 0 Å². The van der Waals surface area contributed by atoms with E-state index in [9.17, 15) is 0 Å². The van der Waals surface area contributed by atoms with E-state index < -0.39 is 0 Å². The molecule has 0 radical (unpaired) electrons. The van der Waals surface area contributed by atoms with Crippen molar-refractivity contribution in [2.45, 2.75) is 58.0 Å². The van der Waals surface area contributed by atoms with Crippen LogP contribution < -0.4 is 0 Å². The van der Waals surface area contributed by atoms with Crippen LogP contribution in [0.4, 0.5) is 0 Å². The molecule has 0 aromatic rings. The fourth-order valence-electron chi connectivity index (χ4n) is 1.58. The molecule has 0 aliphatic heterocycles. The van der Waals surface area contributed by atoms with Crippen LogP contribution in [0.2, 0.25) is 0 Å². The molecule has 1 rings (SSSR count). The van der Waals surface area contributed by atoms with Gasteiger partial charge in [-0.2, -0.15) is 0 Å². The van der Waals surface area contributed by atoms with E-state index in [1.54, 1.807) is 0 Å². The molecule has 1 heteroatoms. The minimum absolute atomic E-state index is 0.748. The molecule has 1 saturated carbocycles. The third kappa shape index (κ3) is 4.11. The van der Waals surface area contributed by atoms with Gasteiger partial charge in [0, 0.05) is 0 Å². The van der Waals surface area contributed by atoms with E-state index in [0.29, 0.717) is 0 Å². The molecule has 11 heavy (non-hydrogen) atoms. The van der Waals surface area contributed by atoms with Crippen LogP contribution in [0.25, 0.3) is 0 Å². The van der Waals surface area contributed by atoms with Crippen LogP contribution in [0.3, 0.4) is 0 Å². The van der Waals surface area contributed by atoms with Gasteiger partial charge in [-0.3, -0.25) is 0 Å². The fraction of sp³-hybridized carbons (Fsp3) is 1.00. The van der Waals surface area contributed by atoms with Gasteiger partial charge in [0.05, 0.1) is 0 Å². The van der Waals surface area contributed by atoms with Crippen molar-refractivity contribution in [3.63, 3.8) is 0 Å². The Morgan fingerprint density at radius 2 is 1.45 bits per heavy atom. The van der Waals surface area contributed by atoms with Crippen LogP contribution >= 0.6 is 8.58 Å². The van der Waals surface area contributed by atoms with Crippen molar-refractivity contribution in [1.29, 1.82) is 0 Å². The van der Waals surface area contributed by atoms with Crippen molar-refractivity contribution >= 4 is 8.58 Å². The molecule has 0 aromatic carbocycles. The monoisotopic (exact) mass is 174 g/mol. The molecule has 0 saturated heterocycles. The van der Waals surface area contributed by atoms with Crippen molar-refractivity contribution in [2.24, 2.45) is 0 Å². The summed E-state index contributed by atoms with van der Waals surface area (Å²) >= 11 is 0. The van der Waals surface area contributed by atoms with Crippen LogP contribution in [-0.4, -0.2) is 11.8 Å². The Kier molecular flexibility index (Phi) is 6.24. The molecule has 0 N–H and O–H groups in total. The SMILES string of the molecule is CC.CPC1(C)CCCCC1. The summed E-state index contributed by atoms with van der Waals surface area (Å²) in [6.45, 7) is 8.80. The quantitative estimate of drug-likeness (QED) is 0.526. The first-order valence-corrected chi connectivity index (χ1v) is 6.46. The second kappa shape index (κ2) is 6.00. The Balaban J connectivity index is 0.000000461. The van der Waals surface area contributed by atoms with Gasteiger partial charge in [-0.15, -0.1) is 8.58 Å². The van der Waals surface area contributed by atoms with E-state index in [1.165, 1.54) is 32.1 Å². The molecule has 1 fully saturated rings. The maximum absolute atomic E-state index is 2.45. The van der Waals surface area contributed by atoms with Gasteiger partial charge < -0.3 is 0 Å². The molecular weight excluding hydrogens is 151 g/mol. The van der Waals surface area contributed by atoms with Gasteiger partial charge in [-0.1, -0.05) is 40.0 Å². The van der Waals surface area contributed by atoms with Gasteiger partial charge in [-0.05, 0) is 24.7 Å². The summed E-state index contributed by atoms with van der Waals surface area (Å²) in [5, 5.41) is 0.748. The second-order valence-electron chi connectivity index (χ2n) is 3.37. The summed E-state index contributed by atoms with van der Waals surface area (Å²) in [7, 11) is 1.16. The second-order valence-corrected chi connectivity index (χ2v) is 5.08. The molecule has 0 spiro atoms. The Bertz CT molecular complexity index is 82.9. The highest BCUT2D eigenvalue weighted by Gasteiger charge is 2.23. The van der Waals surface area contributed by atoms with Crippen molar-refractivity contribution in [1.82, 2.24) is 0 Å². The largest absolute Gasteiger partial charge is 0.119 e. The maximum Gasteiger partial charge on any atom is -0.0153 e. The fourth-order valence-corrected chi connectivity index (χ4v) is 2.44. The summed E-state index contributed by atoms with van der Waals surface area (Å²) < 4.78 is 0. The first kappa shape index (κ1) is 11.4. The average Bonchev–Trinajstić information content (AvgIpc) is 2.10. The van der Waals surface area contributed by atoms with Crippen LogP contribution in [0, 0.1) is 0 Å². The lowest BCUT2D eigenvalue weighted by atomic mass is 9.90. The number of rotatable bonds is 1. The topological polar surface area (TPSA) is 0 Å². The highest BCUT2D eigenvalue weighted by molar-refractivity contribution is 7.39. The van der Waals surface area contributed by atoms with E-state index in [1.807, 2.05) is 13.8 Å². The minimum Gasteiger partial charge on any atom is -0.119 e. The molecule has 0 bridgehead atoms. The number of hydrogen-bond acceptors (Lipinski definition) is 0. The van der Waals surface area contributed by atoms with Gasteiger partial charge in [-0.25, -0.2) is 0 Å². The molecular formula is C10H23P. The van der Waals surface area contributed by atoms with Crippen molar-refractivity contribution < 1.29 is 0 Å². The summed E-state index contributed by atoms with van der Waals surface area (Å²) in [5.74, 6) is 0. The smallest absolute Gasteiger partial charge is 0.0153 e. The standard InChI is InChI=1S/C8H17P.C2H6/c1-8(9-2)6-4-3-5-7-8;1-2/h9H,3-7H2,1-2H3;1-2H3. The van der Waals surface area contributed by atoms with Crippen molar-refractivity contribution in [3.8, 4) is 0 Å². The minimum atomic E-state index is 0.748. The Morgan fingerprint density at radius 3 is 1.73 bits per heavy atom. The lowest BCUT2D eigenvalue weighted by Crippen LogP contribution is -2.21. The molecule has 68 valence electrons. The molecule has 0 aromatic heterocycles. The summed E-state index contributed by atoms with van der Waals surface area (Å²) in [5.41, 5.74) is 0. The van der Waals surface area contributed by atoms with Gasteiger partial charge in [0.1, 0.15) is 0 Å². The predicted octanol–water partition coefficient (Wildman–Crippen LogP) is 4.04. The highest BCUT2D eigenvalue weighted by atomic mass is 31.1.